The lowest BCUT2D eigenvalue weighted by Crippen LogP contribution is -2.34. The topological polar surface area (TPSA) is 94.1 Å². The third-order valence-corrected chi connectivity index (χ3v) is 4.22. The third-order valence-electron chi connectivity index (χ3n) is 4.22. The summed E-state index contributed by atoms with van der Waals surface area (Å²) in [7, 11) is 2.92. The van der Waals surface area contributed by atoms with Gasteiger partial charge in [0.2, 0.25) is 0 Å². The predicted molar refractivity (Wildman–Crippen MR) is 93.0 cm³/mol. The van der Waals surface area contributed by atoms with E-state index in [9.17, 15) is 14.7 Å². The van der Waals surface area contributed by atoms with Crippen molar-refractivity contribution < 1.29 is 28.9 Å². The molecule has 136 valence electrons. The van der Waals surface area contributed by atoms with Crippen LogP contribution in [-0.4, -0.2) is 37.8 Å². The molecule has 0 aliphatic carbocycles. The van der Waals surface area contributed by atoms with Crippen LogP contribution in [0.5, 0.6) is 17.2 Å². The van der Waals surface area contributed by atoms with Crippen molar-refractivity contribution in [3.05, 3.63) is 53.1 Å². The van der Waals surface area contributed by atoms with Gasteiger partial charge in [-0.15, -0.1) is 0 Å². The van der Waals surface area contributed by atoms with Crippen LogP contribution < -0.4 is 19.5 Å². The minimum Gasteiger partial charge on any atom is -0.497 e. The lowest BCUT2D eigenvalue weighted by Gasteiger charge is -2.17. The lowest BCUT2D eigenvalue weighted by atomic mass is 10.0. The van der Waals surface area contributed by atoms with Gasteiger partial charge in [-0.05, 0) is 41.5 Å². The van der Waals surface area contributed by atoms with Crippen LogP contribution in [0.15, 0.2) is 36.4 Å². The van der Waals surface area contributed by atoms with Crippen molar-refractivity contribution in [2.24, 2.45) is 0 Å². The van der Waals surface area contributed by atoms with E-state index in [1.165, 1.54) is 20.3 Å². The number of hydrogen-bond donors (Lipinski definition) is 2. The fourth-order valence-corrected chi connectivity index (χ4v) is 2.87. The van der Waals surface area contributed by atoms with Gasteiger partial charge in [0, 0.05) is 6.42 Å². The standard InChI is InChI=1S/C19H19NO6/c1-24-13-4-6-16(25-2)14(10-13)18(21)20-17(19(22)23)12-3-5-15-11(9-12)7-8-26-15/h3-6,9-10,17H,7-8H2,1-2H3,(H,20,21)(H,22,23). The molecule has 2 aromatic carbocycles. The molecular weight excluding hydrogens is 338 g/mol. The number of carbonyl (C=O) groups is 2. The number of hydrogen-bond acceptors (Lipinski definition) is 5. The van der Waals surface area contributed by atoms with E-state index >= 15 is 0 Å². The van der Waals surface area contributed by atoms with Gasteiger partial charge in [0.15, 0.2) is 6.04 Å². The average Bonchev–Trinajstić information content (AvgIpc) is 3.12. The summed E-state index contributed by atoms with van der Waals surface area (Å²) < 4.78 is 15.8. The number of carboxylic acids is 1. The van der Waals surface area contributed by atoms with Gasteiger partial charge in [0.1, 0.15) is 17.2 Å². The van der Waals surface area contributed by atoms with Gasteiger partial charge in [0.05, 0.1) is 26.4 Å². The number of ether oxygens (including phenoxy) is 3. The van der Waals surface area contributed by atoms with Crippen molar-refractivity contribution >= 4 is 11.9 Å². The monoisotopic (exact) mass is 357 g/mol. The summed E-state index contributed by atoms with van der Waals surface area (Å²) in [5.74, 6) is -0.171. The third kappa shape index (κ3) is 3.42. The van der Waals surface area contributed by atoms with E-state index in [-0.39, 0.29) is 5.56 Å². The second kappa shape index (κ2) is 7.35. The van der Waals surface area contributed by atoms with Crippen molar-refractivity contribution in [1.82, 2.24) is 5.32 Å². The van der Waals surface area contributed by atoms with Crippen LogP contribution >= 0.6 is 0 Å². The minimum atomic E-state index is -1.19. The Bertz CT molecular complexity index is 848. The van der Waals surface area contributed by atoms with Crippen LogP contribution in [-0.2, 0) is 11.2 Å². The van der Waals surface area contributed by atoms with Crippen LogP contribution in [0.3, 0.4) is 0 Å². The number of aliphatic carboxylic acids is 1. The Kier molecular flexibility index (Phi) is 4.97. The first-order chi connectivity index (χ1) is 12.5. The molecular formula is C19H19NO6. The highest BCUT2D eigenvalue weighted by atomic mass is 16.5. The SMILES string of the molecule is COc1ccc(OC)c(C(=O)NC(C(=O)O)c2ccc3c(c2)CCO3)c1. The van der Waals surface area contributed by atoms with Crippen molar-refractivity contribution in [2.45, 2.75) is 12.5 Å². The molecule has 0 radical (unpaired) electrons. The van der Waals surface area contributed by atoms with E-state index < -0.39 is 17.9 Å². The Balaban J connectivity index is 1.89. The van der Waals surface area contributed by atoms with Crippen molar-refractivity contribution in [3.8, 4) is 17.2 Å². The molecule has 1 aliphatic rings. The van der Waals surface area contributed by atoms with Crippen molar-refractivity contribution in [2.75, 3.05) is 20.8 Å². The number of methoxy groups -OCH3 is 2. The van der Waals surface area contributed by atoms with E-state index in [0.29, 0.717) is 30.1 Å². The zero-order valence-electron chi connectivity index (χ0n) is 14.4. The molecule has 0 saturated carbocycles. The maximum atomic E-state index is 12.7. The van der Waals surface area contributed by atoms with Crippen LogP contribution in [0, 0.1) is 0 Å². The number of carbonyl (C=O) groups excluding carboxylic acids is 1. The summed E-state index contributed by atoms with van der Waals surface area (Å²) in [6.45, 7) is 0.573. The number of amides is 1. The normalized spacial score (nSPS) is 13.3. The first-order valence-corrected chi connectivity index (χ1v) is 8.05. The molecule has 0 fully saturated rings. The van der Waals surface area contributed by atoms with E-state index in [1.807, 2.05) is 0 Å². The zero-order valence-corrected chi connectivity index (χ0v) is 14.4. The van der Waals surface area contributed by atoms with Crippen LogP contribution in [0.2, 0.25) is 0 Å². The first kappa shape index (κ1) is 17.6. The molecule has 2 aromatic rings. The summed E-state index contributed by atoms with van der Waals surface area (Å²) in [5, 5.41) is 12.1. The van der Waals surface area contributed by atoms with Crippen molar-refractivity contribution in [3.63, 3.8) is 0 Å². The molecule has 1 atom stereocenters. The summed E-state index contributed by atoms with van der Waals surface area (Å²) in [6, 6.07) is 8.69. The molecule has 26 heavy (non-hydrogen) atoms. The van der Waals surface area contributed by atoms with E-state index in [0.717, 1.165) is 11.3 Å². The fraction of sp³-hybridized carbons (Fsp3) is 0.263. The molecule has 1 unspecified atom stereocenters. The maximum absolute atomic E-state index is 12.7. The van der Waals surface area contributed by atoms with Gasteiger partial charge in [-0.3, -0.25) is 4.79 Å². The van der Waals surface area contributed by atoms with E-state index in [4.69, 9.17) is 14.2 Å². The highest BCUT2D eigenvalue weighted by Crippen LogP contribution is 2.29. The number of carboxylic acid groups (broad SMARTS) is 1. The summed E-state index contributed by atoms with van der Waals surface area (Å²) in [4.78, 5) is 24.4. The smallest absolute Gasteiger partial charge is 0.330 e. The largest absolute Gasteiger partial charge is 0.497 e. The maximum Gasteiger partial charge on any atom is 0.330 e. The summed E-state index contributed by atoms with van der Waals surface area (Å²) in [5.41, 5.74) is 1.61. The van der Waals surface area contributed by atoms with Gasteiger partial charge in [-0.2, -0.15) is 0 Å². The Morgan fingerprint density at radius 3 is 2.65 bits per heavy atom. The Labute approximate surface area is 150 Å². The van der Waals surface area contributed by atoms with Gasteiger partial charge in [-0.1, -0.05) is 6.07 Å². The second-order valence-corrected chi connectivity index (χ2v) is 5.78. The molecule has 0 aromatic heterocycles. The number of benzene rings is 2. The van der Waals surface area contributed by atoms with Crippen LogP contribution in [0.4, 0.5) is 0 Å². The average molecular weight is 357 g/mol. The first-order valence-electron chi connectivity index (χ1n) is 8.05. The molecule has 3 rings (SSSR count). The highest BCUT2D eigenvalue weighted by Gasteiger charge is 2.26. The van der Waals surface area contributed by atoms with Gasteiger partial charge < -0.3 is 24.6 Å². The number of fused-ring (bicyclic) bond motifs is 1. The van der Waals surface area contributed by atoms with Gasteiger partial charge >= 0.3 is 5.97 Å². The number of nitrogens with one attached hydrogen (secondary N) is 1. The Hall–Kier alpha value is -3.22. The number of rotatable bonds is 6. The van der Waals surface area contributed by atoms with E-state index in [2.05, 4.69) is 5.32 Å². The van der Waals surface area contributed by atoms with Crippen molar-refractivity contribution in [1.29, 1.82) is 0 Å². The molecule has 2 N–H and O–H groups in total. The molecule has 0 bridgehead atoms. The van der Waals surface area contributed by atoms with Crippen LogP contribution in [0.25, 0.3) is 0 Å². The quantitative estimate of drug-likeness (QED) is 0.823. The van der Waals surface area contributed by atoms with E-state index in [1.54, 1.807) is 30.3 Å². The molecule has 1 aliphatic heterocycles. The van der Waals surface area contributed by atoms with Gasteiger partial charge in [-0.25, -0.2) is 4.79 Å². The fourth-order valence-electron chi connectivity index (χ4n) is 2.87. The second-order valence-electron chi connectivity index (χ2n) is 5.78. The summed E-state index contributed by atoms with van der Waals surface area (Å²) in [6.07, 6.45) is 0.715. The predicted octanol–water partition coefficient (Wildman–Crippen LogP) is 2.19. The lowest BCUT2D eigenvalue weighted by molar-refractivity contribution is -0.139. The summed E-state index contributed by atoms with van der Waals surface area (Å²) >= 11 is 0. The molecule has 1 heterocycles. The molecule has 7 heteroatoms. The molecule has 7 nitrogen and oxygen atoms in total. The Morgan fingerprint density at radius 1 is 1.15 bits per heavy atom. The molecule has 0 spiro atoms. The molecule has 1 amide bonds. The van der Waals surface area contributed by atoms with Crippen LogP contribution in [0.1, 0.15) is 27.5 Å². The Morgan fingerprint density at radius 2 is 1.96 bits per heavy atom. The zero-order chi connectivity index (χ0) is 18.7. The molecule has 0 saturated heterocycles. The minimum absolute atomic E-state index is 0.197. The van der Waals surface area contributed by atoms with Gasteiger partial charge in [0.25, 0.3) is 5.91 Å². The highest BCUT2D eigenvalue weighted by molar-refractivity contribution is 5.99.